The molecule has 0 fully saturated rings. The predicted molar refractivity (Wildman–Crippen MR) is 81.3 cm³/mol. The zero-order valence-electron chi connectivity index (χ0n) is 13.5. The molecule has 0 rings (SSSR count). The zero-order chi connectivity index (χ0) is 17.8. The van der Waals surface area contributed by atoms with Crippen LogP contribution in [-0.4, -0.2) is 39.9 Å². The van der Waals surface area contributed by atoms with Gasteiger partial charge in [-0.05, 0) is 26.2 Å². The molecule has 1 unspecified atom stereocenters. The van der Waals surface area contributed by atoms with Crippen LogP contribution in [0.1, 0.15) is 59.8 Å². The van der Waals surface area contributed by atoms with Crippen molar-refractivity contribution >= 4 is 22.1 Å². The fraction of sp³-hybridized carbons (Fsp3) is 0.857. The van der Waals surface area contributed by atoms with Crippen molar-refractivity contribution in [3.05, 3.63) is 0 Å². The number of carboxylic acid groups (broad SMARTS) is 2. The minimum atomic E-state index is -5.12. The van der Waals surface area contributed by atoms with Gasteiger partial charge in [0.2, 0.25) is 4.75 Å². The lowest BCUT2D eigenvalue weighted by molar-refractivity contribution is -0.158. The molecule has 0 bridgehead atoms. The Labute approximate surface area is 131 Å². The van der Waals surface area contributed by atoms with Crippen LogP contribution in [0.4, 0.5) is 0 Å². The van der Waals surface area contributed by atoms with Gasteiger partial charge in [0.05, 0.1) is 5.41 Å². The van der Waals surface area contributed by atoms with E-state index in [1.807, 2.05) is 13.8 Å². The van der Waals surface area contributed by atoms with Crippen LogP contribution in [0.15, 0.2) is 0 Å². The van der Waals surface area contributed by atoms with Gasteiger partial charge < -0.3 is 10.2 Å². The van der Waals surface area contributed by atoms with E-state index in [9.17, 15) is 32.8 Å². The molecule has 8 heteroatoms. The fourth-order valence-corrected chi connectivity index (χ4v) is 4.11. The van der Waals surface area contributed by atoms with Gasteiger partial charge in [-0.25, -0.2) is 0 Å². The van der Waals surface area contributed by atoms with Gasteiger partial charge in [0.1, 0.15) is 0 Å². The Kier molecular flexibility index (Phi) is 7.02. The molecule has 0 aliphatic rings. The van der Waals surface area contributed by atoms with E-state index in [-0.39, 0.29) is 6.42 Å². The highest BCUT2D eigenvalue weighted by atomic mass is 32.2. The summed E-state index contributed by atoms with van der Waals surface area (Å²) in [5.41, 5.74) is -2.17. The first-order valence-electron chi connectivity index (χ1n) is 7.32. The summed E-state index contributed by atoms with van der Waals surface area (Å²) in [4.78, 5) is 23.0. The molecular formula is C14H26O7S. The first kappa shape index (κ1) is 20.9. The fourth-order valence-electron chi connectivity index (χ4n) is 2.76. The Bertz CT molecular complexity index is 505. The maximum absolute atomic E-state index is 11.8. The van der Waals surface area contributed by atoms with E-state index in [4.69, 9.17) is 0 Å². The number of carbonyl (C=O) groups is 2. The van der Waals surface area contributed by atoms with Crippen LogP contribution in [0.25, 0.3) is 0 Å². The van der Waals surface area contributed by atoms with Crippen LogP contribution < -0.4 is 0 Å². The Morgan fingerprint density at radius 2 is 1.50 bits per heavy atom. The summed E-state index contributed by atoms with van der Waals surface area (Å²) in [5.74, 6) is -3.12. The van der Waals surface area contributed by atoms with Crippen molar-refractivity contribution in [3.63, 3.8) is 0 Å². The molecule has 130 valence electrons. The lowest BCUT2D eigenvalue weighted by Gasteiger charge is -2.37. The van der Waals surface area contributed by atoms with Crippen LogP contribution in [0.3, 0.4) is 0 Å². The molecule has 0 radical (unpaired) electrons. The third-order valence-electron chi connectivity index (χ3n) is 4.63. The average Bonchev–Trinajstić information content (AvgIpc) is 2.36. The van der Waals surface area contributed by atoms with E-state index < -0.39 is 38.6 Å². The first-order valence-corrected chi connectivity index (χ1v) is 8.76. The number of hydrogen-bond donors (Lipinski definition) is 3. The van der Waals surface area contributed by atoms with E-state index in [1.54, 1.807) is 0 Å². The van der Waals surface area contributed by atoms with Gasteiger partial charge in [-0.15, -0.1) is 0 Å². The third kappa shape index (κ3) is 3.78. The highest BCUT2D eigenvalue weighted by Gasteiger charge is 2.64. The number of carboxylic acids is 2. The van der Waals surface area contributed by atoms with Crippen molar-refractivity contribution in [2.24, 2.45) is 11.3 Å². The predicted octanol–water partition coefficient (Wildman–Crippen LogP) is 2.41. The van der Waals surface area contributed by atoms with E-state index in [0.717, 1.165) is 26.7 Å². The second-order valence-corrected chi connectivity index (χ2v) is 7.76. The average molecular weight is 338 g/mol. The molecule has 0 saturated carbocycles. The molecule has 1 atom stereocenters. The Morgan fingerprint density at radius 1 is 1.05 bits per heavy atom. The minimum absolute atomic E-state index is 0.204. The second-order valence-electron chi connectivity index (χ2n) is 6.11. The normalized spacial score (nSPS) is 15.5. The summed E-state index contributed by atoms with van der Waals surface area (Å²) in [6.07, 6.45) is 2.06. The number of aliphatic carboxylic acids is 2. The van der Waals surface area contributed by atoms with E-state index in [0.29, 0.717) is 12.3 Å². The van der Waals surface area contributed by atoms with Crippen LogP contribution in [0, 0.1) is 11.3 Å². The molecule has 0 aromatic carbocycles. The van der Waals surface area contributed by atoms with Crippen LogP contribution in [0.2, 0.25) is 0 Å². The van der Waals surface area contributed by atoms with Gasteiger partial charge in [-0.1, -0.05) is 39.5 Å². The van der Waals surface area contributed by atoms with E-state index >= 15 is 0 Å². The Morgan fingerprint density at radius 3 is 1.77 bits per heavy atom. The lowest BCUT2D eigenvalue weighted by Crippen LogP contribution is -2.60. The molecule has 0 aliphatic heterocycles. The monoisotopic (exact) mass is 338 g/mol. The topological polar surface area (TPSA) is 129 Å². The Balaban J connectivity index is 5.73. The first-order chi connectivity index (χ1) is 9.88. The maximum Gasteiger partial charge on any atom is 0.328 e. The second kappa shape index (κ2) is 7.41. The molecule has 0 aromatic heterocycles. The summed E-state index contributed by atoms with van der Waals surface area (Å²) in [7, 11) is -5.12. The summed E-state index contributed by atoms with van der Waals surface area (Å²) < 4.78 is 30.3. The zero-order valence-corrected chi connectivity index (χ0v) is 14.3. The van der Waals surface area contributed by atoms with E-state index in [2.05, 4.69) is 0 Å². The number of rotatable bonds is 10. The van der Waals surface area contributed by atoms with Crippen molar-refractivity contribution in [2.45, 2.75) is 64.5 Å². The molecular weight excluding hydrogens is 312 g/mol. The maximum atomic E-state index is 11.8. The molecule has 3 N–H and O–H groups in total. The third-order valence-corrected chi connectivity index (χ3v) is 6.40. The van der Waals surface area contributed by atoms with Crippen LogP contribution in [-0.2, 0) is 19.7 Å². The highest BCUT2D eigenvalue weighted by Crippen LogP contribution is 2.42. The van der Waals surface area contributed by atoms with Crippen molar-refractivity contribution in [1.82, 2.24) is 0 Å². The molecule has 7 nitrogen and oxygen atoms in total. The molecule has 0 spiro atoms. The standard InChI is InChI=1S/C14H26O7S/c1-5-10(6-2)8-7-9-14(12(17)18,22(19,20)21)13(3,4)11(15)16/h10H,5-9H2,1-4H3,(H,15,16)(H,17,18)(H,19,20,21). The summed E-state index contributed by atoms with van der Waals surface area (Å²) in [6, 6.07) is 0. The largest absolute Gasteiger partial charge is 0.481 e. The molecule has 0 aromatic rings. The molecule has 0 aliphatic carbocycles. The lowest BCUT2D eigenvalue weighted by atomic mass is 9.74. The van der Waals surface area contributed by atoms with Gasteiger partial charge in [-0.3, -0.25) is 14.1 Å². The molecule has 22 heavy (non-hydrogen) atoms. The minimum Gasteiger partial charge on any atom is -0.481 e. The van der Waals surface area contributed by atoms with Gasteiger partial charge >= 0.3 is 11.9 Å². The van der Waals surface area contributed by atoms with Gasteiger partial charge in [0.25, 0.3) is 10.1 Å². The summed E-state index contributed by atoms with van der Waals surface area (Å²) in [6.45, 7) is 5.97. The van der Waals surface area contributed by atoms with Gasteiger partial charge in [0, 0.05) is 0 Å². The van der Waals surface area contributed by atoms with Crippen molar-refractivity contribution < 1.29 is 32.8 Å². The van der Waals surface area contributed by atoms with E-state index in [1.165, 1.54) is 0 Å². The van der Waals surface area contributed by atoms with Crippen molar-refractivity contribution in [2.75, 3.05) is 0 Å². The highest BCUT2D eigenvalue weighted by molar-refractivity contribution is 7.88. The van der Waals surface area contributed by atoms with Gasteiger partial charge in [0.15, 0.2) is 0 Å². The summed E-state index contributed by atoms with van der Waals surface area (Å²) in [5, 5.41) is 18.7. The van der Waals surface area contributed by atoms with Gasteiger partial charge in [-0.2, -0.15) is 8.42 Å². The van der Waals surface area contributed by atoms with Crippen LogP contribution in [0.5, 0.6) is 0 Å². The number of hydrogen-bond acceptors (Lipinski definition) is 4. The quantitative estimate of drug-likeness (QED) is 0.521. The molecule has 0 heterocycles. The molecule has 0 amide bonds. The summed E-state index contributed by atoms with van der Waals surface area (Å²) >= 11 is 0. The molecule has 0 saturated heterocycles. The SMILES string of the molecule is CCC(CC)CCCC(C(=O)O)(C(C)(C)C(=O)O)S(=O)(=O)O. The van der Waals surface area contributed by atoms with Crippen LogP contribution >= 0.6 is 0 Å². The Hall–Kier alpha value is -1.15. The smallest absolute Gasteiger partial charge is 0.328 e. The van der Waals surface area contributed by atoms with Crippen molar-refractivity contribution in [1.29, 1.82) is 0 Å². The van der Waals surface area contributed by atoms with Crippen molar-refractivity contribution in [3.8, 4) is 0 Å².